The van der Waals surface area contributed by atoms with Gasteiger partial charge in [-0.25, -0.2) is 0 Å². The number of hydrogen-bond donors (Lipinski definition) is 1. The molecule has 0 rings (SSSR count). The summed E-state index contributed by atoms with van der Waals surface area (Å²) in [7, 11) is 0. The van der Waals surface area contributed by atoms with Crippen LogP contribution in [-0.4, -0.2) is 23.8 Å². The van der Waals surface area contributed by atoms with Crippen molar-refractivity contribution in [3.63, 3.8) is 0 Å². The Balaban J connectivity index is -0.0000000720. The van der Waals surface area contributed by atoms with Gasteiger partial charge in [0.2, 0.25) is 6.16 Å². The molecule has 0 unspecified atom stereocenters. The molecule has 0 fully saturated rings. The van der Waals surface area contributed by atoms with Crippen LogP contribution in [0.3, 0.4) is 0 Å². The van der Waals surface area contributed by atoms with Crippen molar-refractivity contribution in [1.29, 1.82) is 0 Å². The Hall–Kier alpha value is -0.390. The van der Waals surface area contributed by atoms with Gasteiger partial charge in [-0.05, 0) is 0 Å². The average Bonchev–Trinajstić information content (AvgIpc) is 1.65. The van der Waals surface area contributed by atoms with E-state index in [0.29, 0.717) is 0 Å². The largest absolute Gasteiger partial charge is 1.00 e. The normalized spacial score (nSPS) is 4.89. The summed E-state index contributed by atoms with van der Waals surface area (Å²) in [4.78, 5) is 26.1. The van der Waals surface area contributed by atoms with E-state index in [9.17, 15) is 0 Å². The Labute approximate surface area is 73.0 Å². The van der Waals surface area contributed by atoms with Gasteiger partial charge < -0.3 is 15.0 Å². The van der Waals surface area contributed by atoms with Crippen LogP contribution in [0.4, 0.5) is 4.79 Å². The summed E-state index contributed by atoms with van der Waals surface area (Å²) < 4.78 is 0. The summed E-state index contributed by atoms with van der Waals surface area (Å²) >= 11 is 0. The second-order valence-electron chi connectivity index (χ2n) is 0.538. The van der Waals surface area contributed by atoms with Crippen LogP contribution in [0.5, 0.6) is 0 Å². The number of rotatable bonds is 1. The van der Waals surface area contributed by atoms with Crippen LogP contribution < -0.4 is 34.7 Å². The van der Waals surface area contributed by atoms with Crippen molar-refractivity contribution >= 4 is 18.7 Å². The van der Waals surface area contributed by atoms with Gasteiger partial charge in [0.1, 0.15) is 0 Å². The molecule has 0 radical (unpaired) electrons. The fraction of sp³-hybridized carbons (Fsp3) is 0. The third-order valence-corrected chi connectivity index (χ3v) is 0.0556. The van der Waals surface area contributed by atoms with Crippen LogP contribution in [-0.2, 0) is 9.59 Å². The van der Waals surface area contributed by atoms with Crippen LogP contribution in [0, 0.1) is 0 Å². The van der Waals surface area contributed by atoms with Crippen LogP contribution in [0.25, 0.3) is 0 Å². The van der Waals surface area contributed by atoms with E-state index in [2.05, 4.69) is 0 Å². The zero-order valence-electron chi connectivity index (χ0n) is 4.73. The SMILES string of the molecule is O=C([O-])O.O=CC=O.[Na+]. The first-order valence-corrected chi connectivity index (χ1v) is 1.44. The summed E-state index contributed by atoms with van der Waals surface area (Å²) in [6.45, 7) is 0. The van der Waals surface area contributed by atoms with Gasteiger partial charge in [0.25, 0.3) is 0 Å². The van der Waals surface area contributed by atoms with Gasteiger partial charge in [-0.3, -0.25) is 9.59 Å². The van der Waals surface area contributed by atoms with Gasteiger partial charge in [0.05, 0.1) is 0 Å². The van der Waals surface area contributed by atoms with Crippen molar-refractivity contribution in [2.75, 3.05) is 0 Å². The molecule has 46 valence electrons. The van der Waals surface area contributed by atoms with E-state index in [-0.39, 0.29) is 42.1 Å². The molecule has 0 saturated carbocycles. The van der Waals surface area contributed by atoms with Crippen molar-refractivity contribution in [2.24, 2.45) is 0 Å². The fourth-order valence-electron chi connectivity index (χ4n) is 0. The van der Waals surface area contributed by atoms with Gasteiger partial charge in [-0.15, -0.1) is 0 Å². The van der Waals surface area contributed by atoms with Crippen molar-refractivity contribution in [1.82, 2.24) is 0 Å². The molecule has 0 aromatic rings. The minimum atomic E-state index is -2.08. The Morgan fingerprint density at radius 2 is 1.44 bits per heavy atom. The summed E-state index contributed by atoms with van der Waals surface area (Å²) in [5.41, 5.74) is 0. The van der Waals surface area contributed by atoms with Gasteiger partial charge in [-0.1, -0.05) is 0 Å². The molecule has 0 aliphatic heterocycles. The predicted molar refractivity (Wildman–Crippen MR) is 20.2 cm³/mol. The van der Waals surface area contributed by atoms with E-state index < -0.39 is 6.16 Å². The molecule has 0 aliphatic carbocycles. The molecule has 1 N–H and O–H groups in total. The second kappa shape index (κ2) is 15.6. The molecule has 0 spiro atoms. The average molecular weight is 142 g/mol. The maximum Gasteiger partial charge on any atom is 1.00 e. The molecule has 6 heteroatoms. The van der Waals surface area contributed by atoms with E-state index in [0.717, 1.165) is 0 Å². The topological polar surface area (TPSA) is 94.5 Å². The van der Waals surface area contributed by atoms with Crippen LogP contribution in [0.2, 0.25) is 0 Å². The van der Waals surface area contributed by atoms with E-state index >= 15 is 0 Å². The van der Waals surface area contributed by atoms with Gasteiger partial charge in [0.15, 0.2) is 12.6 Å². The van der Waals surface area contributed by atoms with E-state index in [1.165, 1.54) is 0 Å². The number of carbonyl (C=O) groups is 3. The molecule has 0 atom stereocenters. The number of hydrogen-bond acceptors (Lipinski definition) is 4. The van der Waals surface area contributed by atoms with Crippen molar-refractivity contribution in [2.45, 2.75) is 0 Å². The Morgan fingerprint density at radius 3 is 1.44 bits per heavy atom. The van der Waals surface area contributed by atoms with Crippen molar-refractivity contribution < 1.29 is 54.2 Å². The minimum Gasteiger partial charge on any atom is -0.565 e. The van der Waals surface area contributed by atoms with Crippen molar-refractivity contribution in [3.05, 3.63) is 0 Å². The monoisotopic (exact) mass is 142 g/mol. The van der Waals surface area contributed by atoms with Crippen LogP contribution >= 0.6 is 0 Å². The molecular weight excluding hydrogens is 139 g/mol. The Morgan fingerprint density at radius 1 is 1.33 bits per heavy atom. The van der Waals surface area contributed by atoms with Gasteiger partial charge in [-0.2, -0.15) is 0 Å². The molecule has 0 bridgehead atoms. The maximum absolute atomic E-state index is 8.81. The smallest absolute Gasteiger partial charge is 0.565 e. The van der Waals surface area contributed by atoms with Crippen molar-refractivity contribution in [3.8, 4) is 0 Å². The maximum atomic E-state index is 8.81. The van der Waals surface area contributed by atoms with Gasteiger partial charge >= 0.3 is 29.6 Å². The van der Waals surface area contributed by atoms with Crippen LogP contribution in [0.1, 0.15) is 0 Å². The zero-order chi connectivity index (χ0) is 6.99. The third-order valence-electron chi connectivity index (χ3n) is 0.0556. The molecule has 5 nitrogen and oxygen atoms in total. The third kappa shape index (κ3) is 644. The quantitative estimate of drug-likeness (QED) is 0.225. The fourth-order valence-corrected chi connectivity index (χ4v) is 0. The van der Waals surface area contributed by atoms with E-state index in [4.69, 9.17) is 24.6 Å². The first-order chi connectivity index (χ1) is 3.65. The number of carboxylic acid groups (broad SMARTS) is 2. The minimum absolute atomic E-state index is 0. The molecule has 9 heavy (non-hydrogen) atoms. The number of carbonyl (C=O) groups excluding carboxylic acids is 2. The summed E-state index contributed by atoms with van der Waals surface area (Å²) in [5.74, 6) is 0. The second-order valence-corrected chi connectivity index (χ2v) is 0.538. The molecule has 0 aliphatic rings. The Bertz CT molecular complexity index is 80.2. The van der Waals surface area contributed by atoms with E-state index in [1.807, 2.05) is 0 Å². The molecule has 0 aromatic carbocycles. The molecule has 0 saturated heterocycles. The molecule has 0 aromatic heterocycles. The molecule has 0 heterocycles. The summed E-state index contributed by atoms with van der Waals surface area (Å²) in [6.07, 6.45) is -1.69. The first-order valence-electron chi connectivity index (χ1n) is 1.44. The predicted octanol–water partition coefficient (Wildman–Crippen LogP) is -4.72. The Kier molecular flexibility index (Phi) is 27.5. The molecular formula is C3H3NaO5. The molecule has 0 amide bonds. The zero-order valence-corrected chi connectivity index (χ0v) is 6.73. The number of aldehydes is 2. The summed E-state index contributed by atoms with van der Waals surface area (Å²) in [5, 5.41) is 15.3. The standard InChI is InChI=1S/C2H2O2.CH2O3.Na/c3-1-2-4;2-1(3)4;/h1-2H;(H2,2,3,4);/q;;+1/p-1. The van der Waals surface area contributed by atoms with Gasteiger partial charge in [0, 0.05) is 0 Å². The first kappa shape index (κ1) is 15.8. The van der Waals surface area contributed by atoms with Crippen LogP contribution in [0.15, 0.2) is 0 Å². The van der Waals surface area contributed by atoms with E-state index in [1.54, 1.807) is 0 Å². The summed E-state index contributed by atoms with van der Waals surface area (Å²) in [6, 6.07) is 0.